The predicted molar refractivity (Wildman–Crippen MR) is 101 cm³/mol. The van der Waals surface area contributed by atoms with Crippen LogP contribution in [0.5, 0.6) is 0 Å². The van der Waals surface area contributed by atoms with Crippen LogP contribution in [0, 0.1) is 0 Å². The Labute approximate surface area is 147 Å². The molecule has 0 unspecified atom stereocenters. The molecule has 0 radical (unpaired) electrons. The van der Waals surface area contributed by atoms with Crippen molar-refractivity contribution in [2.45, 2.75) is 13.8 Å². The van der Waals surface area contributed by atoms with Crippen LogP contribution < -0.4 is 15.6 Å². The normalized spacial score (nSPS) is 10.5. The van der Waals surface area contributed by atoms with Crippen molar-refractivity contribution in [3.05, 3.63) is 60.2 Å². The number of anilines is 2. The van der Waals surface area contributed by atoms with Gasteiger partial charge in [-0.05, 0) is 43.7 Å². The molecule has 0 aliphatic rings. The van der Waals surface area contributed by atoms with E-state index in [-0.39, 0.29) is 0 Å². The van der Waals surface area contributed by atoms with Crippen molar-refractivity contribution in [2.75, 3.05) is 23.3 Å². The number of carbonyl (C=O) groups is 2. The molecule has 0 fully saturated rings. The number of benzene rings is 2. The third-order valence-electron chi connectivity index (χ3n) is 3.64. The van der Waals surface area contributed by atoms with E-state index in [4.69, 9.17) is 0 Å². The number of rotatable bonds is 6. The summed E-state index contributed by atoms with van der Waals surface area (Å²) in [5.74, 6) is -1.58. The topological polar surface area (TPSA) is 73.8 Å². The summed E-state index contributed by atoms with van der Waals surface area (Å²) in [5, 5.41) is 6.31. The molecule has 6 heteroatoms. The molecule has 6 nitrogen and oxygen atoms in total. The Hall–Kier alpha value is -3.15. The predicted octanol–water partition coefficient (Wildman–Crippen LogP) is 2.62. The van der Waals surface area contributed by atoms with E-state index in [1.165, 1.54) is 6.21 Å². The maximum atomic E-state index is 11.7. The van der Waals surface area contributed by atoms with Gasteiger partial charge in [0.1, 0.15) is 0 Å². The third kappa shape index (κ3) is 5.46. The Morgan fingerprint density at radius 3 is 2.20 bits per heavy atom. The van der Waals surface area contributed by atoms with E-state index < -0.39 is 11.8 Å². The molecule has 0 heterocycles. The highest BCUT2D eigenvalue weighted by Crippen LogP contribution is 2.13. The molecule has 0 aliphatic carbocycles. The molecular weight excluding hydrogens is 316 g/mol. The summed E-state index contributed by atoms with van der Waals surface area (Å²) in [6, 6.07) is 16.6. The van der Waals surface area contributed by atoms with E-state index >= 15 is 0 Å². The van der Waals surface area contributed by atoms with Gasteiger partial charge >= 0.3 is 11.8 Å². The summed E-state index contributed by atoms with van der Waals surface area (Å²) in [6.07, 6.45) is 1.50. The highest BCUT2D eigenvalue weighted by Gasteiger charge is 2.12. The molecule has 25 heavy (non-hydrogen) atoms. The number of nitrogens with one attached hydrogen (secondary N) is 2. The number of carbonyl (C=O) groups excluding carboxylic acids is 2. The van der Waals surface area contributed by atoms with Crippen molar-refractivity contribution >= 4 is 29.4 Å². The quantitative estimate of drug-likeness (QED) is 0.483. The van der Waals surface area contributed by atoms with Crippen LogP contribution in [0.3, 0.4) is 0 Å². The van der Waals surface area contributed by atoms with Crippen LogP contribution in [0.15, 0.2) is 59.7 Å². The van der Waals surface area contributed by atoms with Crippen LogP contribution >= 0.6 is 0 Å². The molecule has 2 amide bonds. The third-order valence-corrected chi connectivity index (χ3v) is 3.64. The zero-order chi connectivity index (χ0) is 18.1. The summed E-state index contributed by atoms with van der Waals surface area (Å²) < 4.78 is 0. The van der Waals surface area contributed by atoms with Crippen molar-refractivity contribution in [1.29, 1.82) is 0 Å². The highest BCUT2D eigenvalue weighted by atomic mass is 16.2. The molecule has 2 rings (SSSR count). The monoisotopic (exact) mass is 338 g/mol. The first-order valence-electron chi connectivity index (χ1n) is 8.18. The van der Waals surface area contributed by atoms with Crippen LogP contribution in [0.1, 0.15) is 19.4 Å². The Morgan fingerprint density at radius 2 is 1.60 bits per heavy atom. The highest BCUT2D eigenvalue weighted by molar-refractivity contribution is 6.39. The number of hydrazone groups is 1. The van der Waals surface area contributed by atoms with Crippen molar-refractivity contribution in [3.8, 4) is 0 Å². The van der Waals surface area contributed by atoms with Crippen LogP contribution in [0.4, 0.5) is 11.4 Å². The number of nitrogens with zero attached hydrogens (tertiary/aromatic N) is 2. The number of para-hydroxylation sites is 1. The standard InChI is InChI=1S/C19H22N4O2/c1-3-23(4-2)17-12-10-15(11-13-17)14-20-22-19(25)18(24)21-16-8-6-5-7-9-16/h5-14H,3-4H2,1-2H3,(H,21,24)(H,22,25)/b20-14+. The second-order valence-corrected chi connectivity index (χ2v) is 5.28. The fraction of sp³-hybridized carbons (Fsp3) is 0.211. The zero-order valence-corrected chi connectivity index (χ0v) is 14.4. The largest absolute Gasteiger partial charge is 0.372 e. The van der Waals surface area contributed by atoms with Gasteiger partial charge in [0.25, 0.3) is 0 Å². The van der Waals surface area contributed by atoms with Gasteiger partial charge in [-0.1, -0.05) is 30.3 Å². The van der Waals surface area contributed by atoms with Crippen molar-refractivity contribution in [1.82, 2.24) is 5.43 Å². The SMILES string of the molecule is CCN(CC)c1ccc(/C=N/NC(=O)C(=O)Nc2ccccc2)cc1. The molecule has 2 aromatic carbocycles. The average molecular weight is 338 g/mol. The average Bonchev–Trinajstić information content (AvgIpc) is 2.64. The molecule has 0 saturated heterocycles. The lowest BCUT2D eigenvalue weighted by molar-refractivity contribution is -0.136. The molecule has 0 atom stereocenters. The van der Waals surface area contributed by atoms with Gasteiger partial charge in [0.2, 0.25) is 0 Å². The lowest BCUT2D eigenvalue weighted by Gasteiger charge is -2.20. The van der Waals surface area contributed by atoms with E-state index in [0.717, 1.165) is 24.3 Å². The zero-order valence-electron chi connectivity index (χ0n) is 14.4. The lowest BCUT2D eigenvalue weighted by Crippen LogP contribution is -2.32. The van der Waals surface area contributed by atoms with E-state index in [2.05, 4.69) is 34.6 Å². The molecular formula is C19H22N4O2. The van der Waals surface area contributed by atoms with Gasteiger partial charge in [-0.3, -0.25) is 9.59 Å². The van der Waals surface area contributed by atoms with E-state index in [0.29, 0.717) is 5.69 Å². The number of amides is 2. The lowest BCUT2D eigenvalue weighted by atomic mass is 10.2. The number of hydrogen-bond acceptors (Lipinski definition) is 4. The summed E-state index contributed by atoms with van der Waals surface area (Å²) in [7, 11) is 0. The fourth-order valence-corrected chi connectivity index (χ4v) is 2.29. The minimum Gasteiger partial charge on any atom is -0.372 e. The van der Waals surface area contributed by atoms with Gasteiger partial charge in [0.15, 0.2) is 0 Å². The van der Waals surface area contributed by atoms with Crippen LogP contribution in [-0.2, 0) is 9.59 Å². The van der Waals surface area contributed by atoms with Gasteiger partial charge in [0, 0.05) is 24.5 Å². The minimum absolute atomic E-state index is 0.554. The Kier molecular flexibility index (Phi) is 6.71. The summed E-state index contributed by atoms with van der Waals surface area (Å²) in [6.45, 7) is 6.09. The van der Waals surface area contributed by atoms with Crippen molar-refractivity contribution < 1.29 is 9.59 Å². The van der Waals surface area contributed by atoms with Gasteiger partial charge < -0.3 is 10.2 Å². The molecule has 0 spiro atoms. The minimum atomic E-state index is -0.820. The van der Waals surface area contributed by atoms with E-state index in [1.807, 2.05) is 30.3 Å². The molecule has 2 N–H and O–H groups in total. The first-order chi connectivity index (χ1) is 12.1. The molecule has 0 aromatic heterocycles. The van der Waals surface area contributed by atoms with Crippen LogP contribution in [0.25, 0.3) is 0 Å². The van der Waals surface area contributed by atoms with Crippen molar-refractivity contribution in [3.63, 3.8) is 0 Å². The second-order valence-electron chi connectivity index (χ2n) is 5.28. The van der Waals surface area contributed by atoms with Crippen LogP contribution in [-0.4, -0.2) is 31.1 Å². The van der Waals surface area contributed by atoms with Gasteiger partial charge in [-0.2, -0.15) is 5.10 Å². The molecule has 130 valence electrons. The van der Waals surface area contributed by atoms with E-state index in [9.17, 15) is 9.59 Å². The summed E-state index contributed by atoms with van der Waals surface area (Å²) in [4.78, 5) is 25.7. The van der Waals surface area contributed by atoms with Gasteiger partial charge in [-0.25, -0.2) is 5.43 Å². The van der Waals surface area contributed by atoms with E-state index in [1.54, 1.807) is 24.3 Å². The first-order valence-corrected chi connectivity index (χ1v) is 8.18. The summed E-state index contributed by atoms with van der Waals surface area (Å²) in [5.41, 5.74) is 4.74. The van der Waals surface area contributed by atoms with Gasteiger partial charge in [0.05, 0.1) is 6.21 Å². The van der Waals surface area contributed by atoms with Crippen LogP contribution in [0.2, 0.25) is 0 Å². The first kappa shape index (κ1) is 18.2. The molecule has 0 saturated carbocycles. The smallest absolute Gasteiger partial charge is 0.329 e. The molecule has 2 aromatic rings. The maximum Gasteiger partial charge on any atom is 0.329 e. The Balaban J connectivity index is 1.87. The van der Waals surface area contributed by atoms with Crippen molar-refractivity contribution in [2.24, 2.45) is 5.10 Å². The summed E-state index contributed by atoms with van der Waals surface area (Å²) >= 11 is 0. The molecule has 0 aliphatic heterocycles. The Bertz CT molecular complexity index is 723. The second kappa shape index (κ2) is 9.22. The fourth-order valence-electron chi connectivity index (χ4n) is 2.29. The Morgan fingerprint density at radius 1 is 0.960 bits per heavy atom. The van der Waals surface area contributed by atoms with Gasteiger partial charge in [-0.15, -0.1) is 0 Å². The number of hydrogen-bond donors (Lipinski definition) is 2. The maximum absolute atomic E-state index is 11.7. The molecule has 0 bridgehead atoms.